The van der Waals surface area contributed by atoms with E-state index >= 15 is 0 Å². The summed E-state index contributed by atoms with van der Waals surface area (Å²) in [5, 5.41) is 12.9. The fourth-order valence-corrected chi connectivity index (χ4v) is 4.47. The van der Waals surface area contributed by atoms with Crippen molar-refractivity contribution in [2.75, 3.05) is 19.8 Å². The van der Waals surface area contributed by atoms with Crippen molar-refractivity contribution >= 4 is 21.7 Å². The molecule has 1 aliphatic rings. The summed E-state index contributed by atoms with van der Waals surface area (Å²) in [5.74, 6) is 0.590. The number of hydrogen-bond donors (Lipinski definition) is 1. The van der Waals surface area contributed by atoms with Crippen molar-refractivity contribution in [3.05, 3.63) is 76.5 Å². The van der Waals surface area contributed by atoms with Gasteiger partial charge in [-0.25, -0.2) is 9.97 Å². The summed E-state index contributed by atoms with van der Waals surface area (Å²) in [7, 11) is 0. The summed E-state index contributed by atoms with van der Waals surface area (Å²) in [4.78, 5) is 22.4. The summed E-state index contributed by atoms with van der Waals surface area (Å²) in [6.07, 6.45) is 3.78. The topological polar surface area (TPSA) is 86.5 Å². The Morgan fingerprint density at radius 1 is 1.16 bits per heavy atom. The Labute approximate surface area is 185 Å². The van der Waals surface area contributed by atoms with Crippen LogP contribution in [0.15, 0.2) is 59.8 Å². The van der Waals surface area contributed by atoms with E-state index in [0.29, 0.717) is 42.8 Å². The van der Waals surface area contributed by atoms with Gasteiger partial charge in [0.15, 0.2) is 0 Å². The van der Waals surface area contributed by atoms with E-state index in [-0.39, 0.29) is 18.2 Å². The van der Waals surface area contributed by atoms with E-state index in [1.807, 2.05) is 43.3 Å². The molecule has 5 rings (SSSR count). The second-order valence-electron chi connectivity index (χ2n) is 8.04. The first-order valence-corrected chi connectivity index (χ1v) is 10.9. The van der Waals surface area contributed by atoms with Gasteiger partial charge in [0, 0.05) is 24.3 Å². The van der Waals surface area contributed by atoms with Gasteiger partial charge in [-0.3, -0.25) is 9.36 Å². The van der Waals surface area contributed by atoms with Crippen LogP contribution in [0.5, 0.6) is 5.88 Å². The van der Waals surface area contributed by atoms with Gasteiger partial charge in [0.05, 0.1) is 42.6 Å². The maximum atomic E-state index is 13.5. The summed E-state index contributed by atoms with van der Waals surface area (Å²) >= 11 is 0. The molecule has 2 atom stereocenters. The summed E-state index contributed by atoms with van der Waals surface area (Å²) < 4.78 is 12.4. The highest BCUT2D eigenvalue weighted by Gasteiger charge is 2.27. The molecule has 1 N–H and O–H groups in total. The molecular weight excluding hydrogens is 406 g/mol. The van der Waals surface area contributed by atoms with E-state index in [1.165, 1.54) is 0 Å². The van der Waals surface area contributed by atoms with Crippen molar-refractivity contribution in [2.24, 2.45) is 0 Å². The number of benzene rings is 2. The molecule has 0 spiro atoms. The average molecular weight is 431 g/mol. The number of fused-ring (bicyclic) bond motifs is 3. The minimum absolute atomic E-state index is 0.141. The van der Waals surface area contributed by atoms with Crippen LogP contribution < -0.4 is 10.3 Å². The van der Waals surface area contributed by atoms with Gasteiger partial charge < -0.3 is 14.6 Å². The molecule has 1 fully saturated rings. The molecule has 3 heterocycles. The maximum Gasteiger partial charge on any atom is 0.261 e. The number of rotatable bonds is 5. The second-order valence-corrected chi connectivity index (χ2v) is 8.04. The van der Waals surface area contributed by atoms with Gasteiger partial charge in [-0.1, -0.05) is 24.3 Å². The summed E-state index contributed by atoms with van der Waals surface area (Å²) in [5.41, 5.74) is 2.62. The first kappa shape index (κ1) is 20.6. The van der Waals surface area contributed by atoms with E-state index in [9.17, 15) is 9.90 Å². The van der Waals surface area contributed by atoms with Gasteiger partial charge in [0.1, 0.15) is 0 Å². The van der Waals surface area contributed by atoms with Crippen LogP contribution in [-0.2, 0) is 11.2 Å². The van der Waals surface area contributed by atoms with Crippen LogP contribution in [0.3, 0.4) is 0 Å². The molecule has 1 aliphatic heterocycles. The SMILES string of the molecule is CCOc1cc(Cc2cc3c(=O)n([C@H]4CCOCC4O)cnc3c3ccccc23)ccn1. The second kappa shape index (κ2) is 8.68. The van der Waals surface area contributed by atoms with Crippen molar-refractivity contribution in [1.82, 2.24) is 14.5 Å². The molecule has 4 aromatic rings. The molecule has 0 amide bonds. The molecule has 7 nitrogen and oxygen atoms in total. The van der Waals surface area contributed by atoms with E-state index in [0.717, 1.165) is 21.9 Å². The molecule has 2 aromatic heterocycles. The lowest BCUT2D eigenvalue weighted by molar-refractivity contribution is -0.0395. The van der Waals surface area contributed by atoms with Crippen LogP contribution in [0.4, 0.5) is 0 Å². The highest BCUT2D eigenvalue weighted by molar-refractivity contribution is 6.06. The lowest BCUT2D eigenvalue weighted by atomic mass is 9.96. The van der Waals surface area contributed by atoms with Gasteiger partial charge in [0.25, 0.3) is 5.56 Å². The van der Waals surface area contributed by atoms with Crippen molar-refractivity contribution in [1.29, 1.82) is 0 Å². The first-order valence-electron chi connectivity index (χ1n) is 10.9. The molecule has 0 bridgehead atoms. The highest BCUT2D eigenvalue weighted by Crippen LogP contribution is 2.29. The number of nitrogens with zero attached hydrogens (tertiary/aromatic N) is 3. The van der Waals surface area contributed by atoms with E-state index in [4.69, 9.17) is 9.47 Å². The number of aromatic nitrogens is 3. The number of pyridine rings is 1. The number of aliphatic hydroxyl groups excluding tert-OH is 1. The lowest BCUT2D eigenvalue weighted by Crippen LogP contribution is -2.39. The molecule has 0 aliphatic carbocycles. The standard InChI is InChI=1S/C25H25N3O4/c1-2-32-23-12-16(7-9-26-23)11-17-13-20-24(19-6-4-3-5-18(17)19)27-15-28(25(20)30)21-8-10-31-14-22(21)29/h3-7,9,12-13,15,21-22,29H,2,8,10-11,14H2,1H3/t21-,22?/m0/s1. The Morgan fingerprint density at radius 3 is 2.81 bits per heavy atom. The Bertz CT molecular complexity index is 1330. The largest absolute Gasteiger partial charge is 0.478 e. The zero-order valence-corrected chi connectivity index (χ0v) is 17.9. The molecule has 1 saturated heterocycles. The van der Waals surface area contributed by atoms with Crippen LogP contribution >= 0.6 is 0 Å². The number of aliphatic hydroxyl groups is 1. The fourth-order valence-electron chi connectivity index (χ4n) is 4.47. The molecule has 7 heteroatoms. The quantitative estimate of drug-likeness (QED) is 0.488. The van der Waals surface area contributed by atoms with Crippen molar-refractivity contribution in [2.45, 2.75) is 31.9 Å². The van der Waals surface area contributed by atoms with Crippen LogP contribution in [0.1, 0.15) is 30.5 Å². The molecule has 164 valence electrons. The van der Waals surface area contributed by atoms with Crippen molar-refractivity contribution in [3.8, 4) is 5.88 Å². The Balaban J connectivity index is 1.66. The van der Waals surface area contributed by atoms with Crippen molar-refractivity contribution < 1.29 is 14.6 Å². The fraction of sp³-hybridized carbons (Fsp3) is 0.320. The predicted molar refractivity (Wildman–Crippen MR) is 122 cm³/mol. The lowest BCUT2D eigenvalue weighted by Gasteiger charge is -2.29. The van der Waals surface area contributed by atoms with E-state index in [1.54, 1.807) is 17.1 Å². The van der Waals surface area contributed by atoms with Crippen molar-refractivity contribution in [3.63, 3.8) is 0 Å². The van der Waals surface area contributed by atoms with E-state index < -0.39 is 6.10 Å². The average Bonchev–Trinajstić information content (AvgIpc) is 2.81. The van der Waals surface area contributed by atoms with Crippen LogP contribution in [0.2, 0.25) is 0 Å². The van der Waals surface area contributed by atoms with Crippen LogP contribution in [-0.4, -0.2) is 45.6 Å². The summed E-state index contributed by atoms with van der Waals surface area (Å²) in [6, 6.07) is 13.5. The van der Waals surface area contributed by atoms with Crippen LogP contribution in [0, 0.1) is 0 Å². The van der Waals surface area contributed by atoms with Gasteiger partial charge in [-0.2, -0.15) is 0 Å². The number of ether oxygens (including phenoxy) is 2. The van der Waals surface area contributed by atoms with Crippen LogP contribution in [0.25, 0.3) is 21.7 Å². The third-order valence-electron chi connectivity index (χ3n) is 6.01. The molecule has 0 radical (unpaired) electrons. The molecule has 32 heavy (non-hydrogen) atoms. The Kier molecular flexibility index (Phi) is 5.59. The smallest absolute Gasteiger partial charge is 0.261 e. The van der Waals surface area contributed by atoms with Gasteiger partial charge in [0.2, 0.25) is 5.88 Å². The molecule has 1 unspecified atom stereocenters. The van der Waals surface area contributed by atoms with Gasteiger partial charge in [-0.15, -0.1) is 0 Å². The zero-order chi connectivity index (χ0) is 22.1. The normalized spacial score (nSPS) is 18.8. The Hall–Kier alpha value is -3.29. The first-order chi connectivity index (χ1) is 15.7. The van der Waals surface area contributed by atoms with E-state index in [2.05, 4.69) is 16.0 Å². The molecule has 0 saturated carbocycles. The third kappa shape index (κ3) is 3.74. The van der Waals surface area contributed by atoms with Gasteiger partial charge >= 0.3 is 0 Å². The van der Waals surface area contributed by atoms with Gasteiger partial charge in [-0.05, 0) is 48.4 Å². The minimum atomic E-state index is -0.727. The Morgan fingerprint density at radius 2 is 2.00 bits per heavy atom. The molecular formula is C25H25N3O4. The zero-order valence-electron chi connectivity index (χ0n) is 17.9. The third-order valence-corrected chi connectivity index (χ3v) is 6.01. The minimum Gasteiger partial charge on any atom is -0.478 e. The maximum absolute atomic E-state index is 13.5. The monoisotopic (exact) mass is 431 g/mol. The highest BCUT2D eigenvalue weighted by atomic mass is 16.5. The number of hydrogen-bond acceptors (Lipinski definition) is 6. The predicted octanol–water partition coefficient (Wildman–Crippen LogP) is 3.26. The molecule has 2 aromatic carbocycles. The summed E-state index contributed by atoms with van der Waals surface area (Å²) in [6.45, 7) is 3.22.